The number of nitrogens with two attached hydrogens (primary N) is 1. The lowest BCUT2D eigenvalue weighted by molar-refractivity contribution is 0.628. The van der Waals surface area contributed by atoms with E-state index in [1.807, 2.05) is 13.0 Å². The molecular formula is C17H17B2FN6. The third-order valence-corrected chi connectivity index (χ3v) is 3.91. The largest absolute Gasteiger partial charge is 0.367 e. The smallest absolute Gasteiger partial charge is 0.238 e. The maximum atomic E-state index is 14.8. The molecule has 0 atom stereocenters. The van der Waals surface area contributed by atoms with E-state index in [1.54, 1.807) is 26.1 Å². The number of halogens is 1. The minimum absolute atomic E-state index is 0.0215. The summed E-state index contributed by atoms with van der Waals surface area (Å²) < 4.78 is 16.2. The number of aryl methyl sites for hydroxylation is 1. The van der Waals surface area contributed by atoms with E-state index >= 15 is 0 Å². The lowest BCUT2D eigenvalue weighted by atomic mass is 9.54. The minimum atomic E-state index is -1.03. The first-order chi connectivity index (χ1) is 12.2. The van der Waals surface area contributed by atoms with Crippen LogP contribution >= 0.6 is 0 Å². The number of benzene rings is 1. The van der Waals surface area contributed by atoms with Crippen molar-refractivity contribution in [2.24, 2.45) is 10.2 Å². The lowest BCUT2D eigenvalue weighted by Gasteiger charge is -2.19. The molecule has 0 saturated heterocycles. The molecule has 0 fully saturated rings. The highest BCUT2D eigenvalue weighted by Gasteiger charge is 2.22. The van der Waals surface area contributed by atoms with Gasteiger partial charge in [-0.2, -0.15) is 10.2 Å². The van der Waals surface area contributed by atoms with Gasteiger partial charge in [-0.25, -0.2) is 13.9 Å². The van der Waals surface area contributed by atoms with Gasteiger partial charge >= 0.3 is 0 Å². The molecule has 1 aromatic carbocycles. The van der Waals surface area contributed by atoms with Gasteiger partial charge in [0, 0.05) is 12.6 Å². The van der Waals surface area contributed by atoms with Crippen LogP contribution in [0.15, 0.2) is 34.6 Å². The fourth-order valence-corrected chi connectivity index (χ4v) is 2.93. The number of nitrogens with zero attached hydrogens (tertiary/aromatic N) is 5. The van der Waals surface area contributed by atoms with E-state index in [-0.39, 0.29) is 12.4 Å². The Balaban J connectivity index is 2.26. The summed E-state index contributed by atoms with van der Waals surface area (Å²) in [7, 11) is 13.5. The molecule has 2 N–H and O–H groups in total. The number of nitrogen functional groups attached to an aromatic ring is 1. The van der Waals surface area contributed by atoms with Crippen molar-refractivity contribution < 1.29 is 4.39 Å². The van der Waals surface area contributed by atoms with Gasteiger partial charge in [0.1, 0.15) is 0 Å². The minimum Gasteiger partial charge on any atom is -0.367 e. The molecule has 9 heteroatoms. The molecule has 0 spiro atoms. The zero-order valence-corrected chi connectivity index (χ0v) is 14.9. The van der Waals surface area contributed by atoms with Crippen LogP contribution in [0.2, 0.25) is 5.21 Å². The molecule has 26 heavy (non-hydrogen) atoms. The fourth-order valence-electron chi connectivity index (χ4n) is 2.93. The van der Waals surface area contributed by atoms with Gasteiger partial charge in [0.05, 0.1) is 38.8 Å². The molecule has 3 aromatic rings. The van der Waals surface area contributed by atoms with Crippen LogP contribution in [0.4, 0.5) is 16.0 Å². The number of aromatic nitrogens is 3. The third kappa shape index (κ3) is 3.47. The van der Waals surface area contributed by atoms with Crippen molar-refractivity contribution in [3.63, 3.8) is 0 Å². The topological polar surface area (TPSA) is 80.9 Å². The predicted octanol–water partition coefficient (Wildman–Crippen LogP) is 3.16. The Morgan fingerprint density at radius 2 is 2.08 bits per heavy atom. The molecule has 6 nitrogen and oxygen atoms in total. The highest BCUT2D eigenvalue weighted by molar-refractivity contribution is 6.39. The fraction of sp³-hybridized carbons (Fsp3) is 0.294. The summed E-state index contributed by atoms with van der Waals surface area (Å²) in [6.07, 6.45) is 1.48. The molecule has 0 amide bonds. The van der Waals surface area contributed by atoms with Crippen LogP contribution in [0.5, 0.6) is 0 Å². The van der Waals surface area contributed by atoms with Crippen LogP contribution in [0.25, 0.3) is 16.6 Å². The average molecular weight is 346 g/mol. The van der Waals surface area contributed by atoms with Gasteiger partial charge in [-0.05, 0) is 36.6 Å². The van der Waals surface area contributed by atoms with E-state index in [0.717, 1.165) is 11.3 Å². The van der Waals surface area contributed by atoms with Crippen molar-refractivity contribution in [2.45, 2.75) is 25.5 Å². The van der Waals surface area contributed by atoms with E-state index in [1.165, 1.54) is 10.7 Å². The Morgan fingerprint density at radius 3 is 2.69 bits per heavy atom. The first kappa shape index (κ1) is 18.1. The number of rotatable bonds is 4. The van der Waals surface area contributed by atoms with E-state index < -0.39 is 11.0 Å². The van der Waals surface area contributed by atoms with E-state index in [4.69, 9.17) is 21.4 Å². The summed E-state index contributed by atoms with van der Waals surface area (Å²) in [6.45, 7) is 3.55. The maximum Gasteiger partial charge on any atom is 0.238 e. The molecule has 2 heterocycles. The zero-order chi connectivity index (χ0) is 19.1. The van der Waals surface area contributed by atoms with Crippen LogP contribution < -0.4 is 5.73 Å². The maximum absolute atomic E-state index is 14.8. The first-order valence-corrected chi connectivity index (χ1v) is 8.01. The van der Waals surface area contributed by atoms with E-state index in [9.17, 15) is 4.39 Å². The Hall–Kier alpha value is -2.70. The second-order valence-electron chi connectivity index (χ2n) is 6.55. The molecule has 2 aromatic heterocycles. The second-order valence-corrected chi connectivity index (χ2v) is 6.55. The number of hydrogen-bond acceptors (Lipinski definition) is 5. The van der Waals surface area contributed by atoms with Gasteiger partial charge in [0.2, 0.25) is 5.95 Å². The highest BCUT2D eigenvalue weighted by atomic mass is 19.1. The number of fused-ring (bicyclic) bond motifs is 1. The molecule has 3 rings (SSSR count). The predicted molar refractivity (Wildman–Crippen MR) is 102 cm³/mol. The summed E-state index contributed by atoms with van der Waals surface area (Å²) in [5.74, 6) is -0.417. The third-order valence-electron chi connectivity index (χ3n) is 3.91. The summed E-state index contributed by atoms with van der Waals surface area (Å²) >= 11 is 0. The molecule has 0 unspecified atom stereocenters. The zero-order valence-electron chi connectivity index (χ0n) is 14.9. The van der Waals surface area contributed by atoms with Gasteiger partial charge in [-0.15, -0.1) is 5.10 Å². The molecule has 0 saturated carbocycles. The normalized spacial score (nSPS) is 12.3. The molecular weight excluding hydrogens is 329 g/mol. The summed E-state index contributed by atoms with van der Waals surface area (Å²) in [6, 6.07) is 5.40. The van der Waals surface area contributed by atoms with Crippen LogP contribution in [-0.2, 0) is 6.42 Å². The van der Waals surface area contributed by atoms with Gasteiger partial charge in [-0.1, -0.05) is 18.2 Å². The van der Waals surface area contributed by atoms with Crippen LogP contribution in [0, 0.1) is 12.7 Å². The number of azo groups is 1. The van der Waals surface area contributed by atoms with Gasteiger partial charge < -0.3 is 5.73 Å². The Kier molecular flexibility index (Phi) is 4.56. The standard InChI is InChI=1S/C17H17B2FN6/c1-9-6-10(4-5-12(9)24-22-3)14-11(20)8-26-15(14)13(7-17(2,18)19)23-16(21)25-26/h4-6,8H,7H2,1-3H3,(H2,21,25). The summed E-state index contributed by atoms with van der Waals surface area (Å²) in [5, 5.41) is 10.9. The van der Waals surface area contributed by atoms with Gasteiger partial charge in [0.15, 0.2) is 5.82 Å². The van der Waals surface area contributed by atoms with Crippen molar-refractivity contribution in [3.05, 3.63) is 41.5 Å². The van der Waals surface area contributed by atoms with E-state index in [0.29, 0.717) is 22.3 Å². The van der Waals surface area contributed by atoms with Crippen LogP contribution in [0.1, 0.15) is 18.2 Å². The quantitative estimate of drug-likeness (QED) is 0.582. The lowest BCUT2D eigenvalue weighted by Crippen LogP contribution is -2.15. The van der Waals surface area contributed by atoms with Crippen molar-refractivity contribution in [1.29, 1.82) is 0 Å². The molecule has 0 aliphatic heterocycles. The summed E-state index contributed by atoms with van der Waals surface area (Å²) in [4.78, 5) is 4.24. The first-order valence-electron chi connectivity index (χ1n) is 8.01. The molecule has 128 valence electrons. The van der Waals surface area contributed by atoms with Crippen LogP contribution in [-0.4, -0.2) is 37.3 Å². The van der Waals surface area contributed by atoms with Crippen molar-refractivity contribution >= 4 is 32.8 Å². The van der Waals surface area contributed by atoms with Crippen molar-refractivity contribution in [3.8, 4) is 11.1 Å². The summed E-state index contributed by atoms with van der Waals surface area (Å²) in [5.41, 5.74) is 9.35. The van der Waals surface area contributed by atoms with Crippen LogP contribution in [0.3, 0.4) is 0 Å². The van der Waals surface area contributed by atoms with Crippen molar-refractivity contribution in [1.82, 2.24) is 14.6 Å². The molecule has 4 radical (unpaired) electrons. The number of hydrogen-bond donors (Lipinski definition) is 1. The SMILES string of the molecule is [B]C([B])(C)Cc1nc(N)nn2cc(F)c(-c3ccc(N=NC)c(C)c3)c12. The molecule has 0 bridgehead atoms. The second kappa shape index (κ2) is 6.55. The van der Waals surface area contributed by atoms with E-state index in [2.05, 4.69) is 20.3 Å². The highest BCUT2D eigenvalue weighted by Crippen LogP contribution is 2.35. The van der Waals surface area contributed by atoms with Crippen molar-refractivity contribution in [2.75, 3.05) is 12.8 Å². The Morgan fingerprint density at radius 1 is 1.35 bits per heavy atom. The molecule has 0 aliphatic rings. The average Bonchev–Trinajstić information content (AvgIpc) is 2.84. The monoisotopic (exact) mass is 346 g/mol. The Bertz CT molecular complexity index is 1010. The molecule has 0 aliphatic carbocycles. The number of anilines is 1. The van der Waals surface area contributed by atoms with Gasteiger partial charge in [-0.3, -0.25) is 0 Å². The Labute approximate surface area is 153 Å². The van der Waals surface area contributed by atoms with Gasteiger partial charge in [0.25, 0.3) is 0 Å².